The third-order valence-electron chi connectivity index (χ3n) is 6.06. The maximum atomic E-state index is 11.2. The number of benzene rings is 2. The van der Waals surface area contributed by atoms with Gasteiger partial charge in [-0.3, -0.25) is 10.1 Å². The smallest absolute Gasteiger partial charge is 0.269 e. The number of nitro benzene ring substituents is 1. The first-order valence-electron chi connectivity index (χ1n) is 10.2. The van der Waals surface area contributed by atoms with Crippen molar-refractivity contribution >= 4 is 28.4 Å². The van der Waals surface area contributed by atoms with Gasteiger partial charge >= 0.3 is 0 Å². The van der Waals surface area contributed by atoms with Crippen molar-refractivity contribution in [3.8, 4) is 0 Å². The van der Waals surface area contributed by atoms with E-state index >= 15 is 0 Å². The number of allylic oxidation sites excluding steroid dienone is 3. The van der Waals surface area contributed by atoms with Crippen molar-refractivity contribution in [2.75, 3.05) is 11.9 Å². The Bertz CT molecular complexity index is 1210. The van der Waals surface area contributed by atoms with Crippen LogP contribution in [0.3, 0.4) is 0 Å². The number of anilines is 1. The Balaban J connectivity index is 1.72. The van der Waals surface area contributed by atoms with E-state index in [-0.39, 0.29) is 16.0 Å². The minimum Gasteiger partial charge on any atom is -0.347 e. The minimum absolute atomic E-state index is 0.131. The van der Waals surface area contributed by atoms with Crippen molar-refractivity contribution in [2.24, 2.45) is 0 Å². The highest BCUT2D eigenvalue weighted by atomic mass is 16.6. The summed E-state index contributed by atoms with van der Waals surface area (Å²) in [6, 6.07) is 15.7. The van der Waals surface area contributed by atoms with Gasteiger partial charge in [0.1, 0.15) is 6.54 Å². The summed E-state index contributed by atoms with van der Waals surface area (Å²) >= 11 is 0. The van der Waals surface area contributed by atoms with Gasteiger partial charge < -0.3 is 4.90 Å². The molecule has 152 valence electrons. The molecule has 2 heterocycles. The fraction of sp³-hybridized carbons (Fsp3) is 0.240. The zero-order chi connectivity index (χ0) is 21.5. The lowest BCUT2D eigenvalue weighted by Crippen LogP contribution is -2.32. The normalized spacial score (nSPS) is 16.5. The van der Waals surface area contributed by atoms with Crippen LogP contribution in [0.15, 0.2) is 72.6 Å². The molecule has 4 rings (SSSR count). The van der Waals surface area contributed by atoms with Gasteiger partial charge in [0, 0.05) is 48.1 Å². The zero-order valence-corrected chi connectivity index (χ0v) is 17.8. The number of pyridine rings is 1. The predicted molar refractivity (Wildman–Crippen MR) is 121 cm³/mol. The summed E-state index contributed by atoms with van der Waals surface area (Å²) in [5.41, 5.74) is 5.30. The van der Waals surface area contributed by atoms with Crippen LogP contribution in [-0.2, 0) is 12.0 Å². The largest absolute Gasteiger partial charge is 0.347 e. The molecule has 0 atom stereocenters. The second-order valence-corrected chi connectivity index (χ2v) is 8.13. The molecule has 0 amide bonds. The average Bonchev–Trinajstić information content (AvgIpc) is 2.93. The standard InChI is InChI=1S/C25H26N3O2/c1-5-27-16-15-18(20-10-6-7-11-22(20)27)9-8-12-24-25(2,3)21-17-19(28(29)30)13-14-23(21)26(24)4/h6-17H,5H2,1-4H3/q+1. The summed E-state index contributed by atoms with van der Waals surface area (Å²) in [6.07, 6.45) is 8.44. The Morgan fingerprint density at radius 3 is 2.67 bits per heavy atom. The molecule has 2 aromatic carbocycles. The third-order valence-corrected chi connectivity index (χ3v) is 6.06. The van der Waals surface area contributed by atoms with Crippen LogP contribution in [0.2, 0.25) is 0 Å². The average molecular weight is 401 g/mol. The predicted octanol–water partition coefficient (Wildman–Crippen LogP) is 5.38. The van der Waals surface area contributed by atoms with E-state index in [4.69, 9.17) is 0 Å². The lowest BCUT2D eigenvalue weighted by molar-refractivity contribution is -0.667. The molecule has 30 heavy (non-hydrogen) atoms. The Hall–Kier alpha value is -3.47. The molecule has 0 aliphatic carbocycles. The monoisotopic (exact) mass is 400 g/mol. The Morgan fingerprint density at radius 2 is 1.93 bits per heavy atom. The molecular formula is C25H26N3O2+. The first kappa shape index (κ1) is 19.8. The van der Waals surface area contributed by atoms with Gasteiger partial charge in [-0.05, 0) is 36.3 Å². The molecule has 5 nitrogen and oxygen atoms in total. The maximum Gasteiger partial charge on any atom is 0.269 e. The molecule has 3 aromatic rings. The summed E-state index contributed by atoms with van der Waals surface area (Å²) in [5.74, 6) is 0. The van der Waals surface area contributed by atoms with Crippen molar-refractivity contribution < 1.29 is 9.49 Å². The van der Waals surface area contributed by atoms with Gasteiger partial charge in [0.25, 0.3) is 5.69 Å². The highest BCUT2D eigenvalue weighted by Gasteiger charge is 2.39. The van der Waals surface area contributed by atoms with Crippen LogP contribution in [0.5, 0.6) is 0 Å². The quantitative estimate of drug-likeness (QED) is 0.336. The fourth-order valence-electron chi connectivity index (χ4n) is 4.41. The topological polar surface area (TPSA) is 50.3 Å². The molecule has 1 aromatic heterocycles. The van der Waals surface area contributed by atoms with Crippen molar-refractivity contribution in [2.45, 2.75) is 32.7 Å². The van der Waals surface area contributed by atoms with Crippen molar-refractivity contribution in [3.63, 3.8) is 0 Å². The molecule has 0 fully saturated rings. The molecule has 0 N–H and O–H groups in total. The van der Waals surface area contributed by atoms with E-state index in [0.717, 1.165) is 23.5 Å². The Morgan fingerprint density at radius 1 is 1.17 bits per heavy atom. The van der Waals surface area contributed by atoms with Gasteiger partial charge in [-0.15, -0.1) is 0 Å². The van der Waals surface area contributed by atoms with Gasteiger partial charge in [-0.1, -0.05) is 38.1 Å². The molecular weight excluding hydrogens is 374 g/mol. The number of fused-ring (bicyclic) bond motifs is 2. The summed E-state index contributed by atoms with van der Waals surface area (Å²) < 4.78 is 2.24. The van der Waals surface area contributed by atoms with E-state index in [2.05, 4.69) is 85.0 Å². The van der Waals surface area contributed by atoms with Crippen LogP contribution in [0.4, 0.5) is 11.4 Å². The van der Waals surface area contributed by atoms with Crippen LogP contribution >= 0.6 is 0 Å². The molecule has 1 aliphatic heterocycles. The molecule has 0 unspecified atom stereocenters. The fourth-order valence-corrected chi connectivity index (χ4v) is 4.41. The van der Waals surface area contributed by atoms with Crippen LogP contribution in [-0.4, -0.2) is 12.0 Å². The van der Waals surface area contributed by atoms with E-state index in [1.807, 2.05) is 13.1 Å². The van der Waals surface area contributed by atoms with E-state index in [9.17, 15) is 10.1 Å². The lowest BCUT2D eigenvalue weighted by Gasteiger charge is -2.23. The molecule has 0 saturated heterocycles. The summed E-state index contributed by atoms with van der Waals surface area (Å²) in [6.45, 7) is 7.30. The van der Waals surface area contributed by atoms with E-state index in [0.29, 0.717) is 0 Å². The SMILES string of the molecule is CC[n+]1ccc(C=CC=C2N(C)c3ccc([N+](=O)[O-])cc3C2(C)C)c2ccccc21. The number of hydrogen-bond acceptors (Lipinski definition) is 3. The number of aryl methyl sites for hydroxylation is 1. The molecule has 0 radical (unpaired) electrons. The highest BCUT2D eigenvalue weighted by molar-refractivity contribution is 5.85. The minimum atomic E-state index is -0.332. The van der Waals surface area contributed by atoms with Gasteiger partial charge in [0.15, 0.2) is 6.20 Å². The number of nitrogens with zero attached hydrogens (tertiary/aromatic N) is 3. The lowest BCUT2D eigenvalue weighted by atomic mass is 9.83. The second kappa shape index (κ2) is 7.41. The van der Waals surface area contributed by atoms with Crippen LogP contribution in [0.1, 0.15) is 31.9 Å². The van der Waals surface area contributed by atoms with Crippen LogP contribution in [0, 0.1) is 10.1 Å². The molecule has 0 bridgehead atoms. The van der Waals surface area contributed by atoms with Crippen LogP contribution < -0.4 is 9.47 Å². The van der Waals surface area contributed by atoms with Gasteiger partial charge in [-0.25, -0.2) is 0 Å². The first-order chi connectivity index (χ1) is 14.3. The number of nitro groups is 1. The molecule has 0 spiro atoms. The Labute approximate surface area is 176 Å². The van der Waals surface area contributed by atoms with Gasteiger partial charge in [0.2, 0.25) is 5.52 Å². The molecule has 0 saturated carbocycles. The maximum absolute atomic E-state index is 11.2. The Kier molecular flexibility index (Phi) is 4.90. The number of likely N-dealkylation sites (N-methyl/N-ethyl adjacent to an activating group) is 1. The van der Waals surface area contributed by atoms with Crippen LogP contribution in [0.25, 0.3) is 17.0 Å². The number of hydrogen-bond donors (Lipinski definition) is 0. The number of rotatable bonds is 4. The molecule has 1 aliphatic rings. The van der Waals surface area contributed by atoms with Crippen molar-refractivity contribution in [3.05, 3.63) is 93.8 Å². The number of para-hydroxylation sites is 1. The van der Waals surface area contributed by atoms with Gasteiger partial charge in [0.05, 0.1) is 10.3 Å². The number of non-ortho nitro benzene ring substituents is 1. The first-order valence-corrected chi connectivity index (χ1v) is 10.2. The van der Waals surface area contributed by atoms with Crippen molar-refractivity contribution in [1.82, 2.24) is 0 Å². The van der Waals surface area contributed by atoms with Gasteiger partial charge in [-0.2, -0.15) is 4.57 Å². The zero-order valence-electron chi connectivity index (χ0n) is 17.8. The summed E-state index contributed by atoms with van der Waals surface area (Å²) in [5, 5.41) is 12.4. The van der Waals surface area contributed by atoms with E-state index < -0.39 is 0 Å². The summed E-state index contributed by atoms with van der Waals surface area (Å²) in [4.78, 5) is 13.0. The second-order valence-electron chi connectivity index (χ2n) is 8.13. The highest BCUT2D eigenvalue weighted by Crippen LogP contribution is 2.47. The van der Waals surface area contributed by atoms with E-state index in [1.165, 1.54) is 16.5 Å². The number of aromatic nitrogens is 1. The third kappa shape index (κ3) is 3.16. The van der Waals surface area contributed by atoms with E-state index in [1.54, 1.807) is 12.1 Å². The summed E-state index contributed by atoms with van der Waals surface area (Å²) in [7, 11) is 2.02. The molecule has 5 heteroatoms. The van der Waals surface area contributed by atoms with Crippen molar-refractivity contribution in [1.29, 1.82) is 0 Å².